The molecular weight excluding hydrogens is 260 g/mol. The van der Waals surface area contributed by atoms with Crippen molar-refractivity contribution in [3.63, 3.8) is 0 Å². The highest BCUT2D eigenvalue weighted by molar-refractivity contribution is 7.88. The van der Waals surface area contributed by atoms with Crippen LogP contribution in [0.15, 0.2) is 0 Å². The molecule has 0 saturated heterocycles. The monoisotopic (exact) mass is 276 g/mol. The number of carboxylic acids is 1. The number of aryl methyl sites for hydroxylation is 2. The first-order valence-corrected chi connectivity index (χ1v) is 7.07. The lowest BCUT2D eigenvalue weighted by Crippen LogP contribution is -2.28. The maximum atomic E-state index is 11.0. The molecule has 1 rings (SSSR count). The van der Waals surface area contributed by atoms with E-state index in [1.54, 1.807) is 14.0 Å². The van der Waals surface area contributed by atoms with Gasteiger partial charge in [0.15, 0.2) is 0 Å². The Kier molecular flexibility index (Phi) is 4.30. The van der Waals surface area contributed by atoms with Gasteiger partial charge in [-0.2, -0.15) is 5.10 Å². The van der Waals surface area contributed by atoms with E-state index in [1.807, 2.05) is 0 Å². The summed E-state index contributed by atoms with van der Waals surface area (Å²) in [6, 6.07) is 0. The van der Waals surface area contributed by atoms with Gasteiger partial charge in [-0.1, -0.05) is 0 Å². The van der Waals surface area contributed by atoms with Gasteiger partial charge in [0.2, 0.25) is 10.0 Å². The molecule has 0 radical (unpaired) electrons. The van der Waals surface area contributed by atoms with Crippen molar-refractivity contribution in [2.24, 2.45) is 7.05 Å². The van der Waals surface area contributed by atoms with E-state index in [4.69, 9.17) is 5.11 Å². The molecule has 18 heavy (non-hydrogen) atoms. The van der Waals surface area contributed by atoms with E-state index in [1.165, 1.54) is 4.68 Å². The molecule has 0 atom stereocenters. The SMILES string of the molecule is Cc1nn(C)c(NCCNS(C)(=O)=O)c1C(=O)O. The number of carbonyl (C=O) groups is 1. The van der Waals surface area contributed by atoms with Crippen LogP contribution in [0.2, 0.25) is 0 Å². The Morgan fingerprint density at radius 1 is 1.44 bits per heavy atom. The molecule has 0 unspecified atom stereocenters. The lowest BCUT2D eigenvalue weighted by Gasteiger charge is -2.08. The molecule has 3 N–H and O–H groups in total. The molecule has 0 spiro atoms. The number of hydrogen-bond donors (Lipinski definition) is 3. The second-order valence-electron chi connectivity index (χ2n) is 3.83. The maximum Gasteiger partial charge on any atom is 0.341 e. The number of carboxylic acid groups (broad SMARTS) is 1. The standard InChI is InChI=1S/C9H16N4O4S/c1-6-7(9(14)15)8(13(2)12-6)10-4-5-11-18(3,16)17/h10-11H,4-5H2,1-3H3,(H,14,15). The Balaban J connectivity index is 2.70. The van der Waals surface area contributed by atoms with Crippen LogP contribution in [-0.4, -0.2) is 48.6 Å². The number of aromatic nitrogens is 2. The molecule has 0 fully saturated rings. The maximum absolute atomic E-state index is 11.0. The van der Waals surface area contributed by atoms with E-state index in [0.717, 1.165) is 6.26 Å². The highest BCUT2D eigenvalue weighted by Gasteiger charge is 2.19. The van der Waals surface area contributed by atoms with Gasteiger partial charge in [-0.15, -0.1) is 0 Å². The van der Waals surface area contributed by atoms with Crippen LogP contribution in [0.25, 0.3) is 0 Å². The van der Waals surface area contributed by atoms with Crippen LogP contribution in [0, 0.1) is 6.92 Å². The fraction of sp³-hybridized carbons (Fsp3) is 0.556. The molecule has 0 aliphatic carbocycles. The number of hydrogen-bond acceptors (Lipinski definition) is 5. The summed E-state index contributed by atoms with van der Waals surface area (Å²) >= 11 is 0. The van der Waals surface area contributed by atoms with Gasteiger partial charge in [0.1, 0.15) is 11.4 Å². The topological polar surface area (TPSA) is 113 Å². The van der Waals surface area contributed by atoms with Crippen LogP contribution in [0.4, 0.5) is 5.82 Å². The van der Waals surface area contributed by atoms with Gasteiger partial charge in [-0.3, -0.25) is 4.68 Å². The predicted molar refractivity (Wildman–Crippen MR) is 66.2 cm³/mol. The fourth-order valence-electron chi connectivity index (χ4n) is 1.53. The first-order chi connectivity index (χ1) is 8.22. The number of nitrogens with zero attached hydrogens (tertiary/aromatic N) is 2. The summed E-state index contributed by atoms with van der Waals surface area (Å²) in [4.78, 5) is 11.0. The summed E-state index contributed by atoms with van der Waals surface area (Å²) in [7, 11) is -1.62. The predicted octanol–water partition coefficient (Wildman–Crippen LogP) is -0.612. The van der Waals surface area contributed by atoms with E-state index in [0.29, 0.717) is 11.5 Å². The Morgan fingerprint density at radius 2 is 2.06 bits per heavy atom. The third kappa shape index (κ3) is 3.70. The van der Waals surface area contributed by atoms with Gasteiger partial charge in [0.05, 0.1) is 11.9 Å². The zero-order chi connectivity index (χ0) is 13.9. The lowest BCUT2D eigenvalue weighted by atomic mass is 10.2. The first-order valence-electron chi connectivity index (χ1n) is 5.17. The van der Waals surface area contributed by atoms with Crippen molar-refractivity contribution in [1.82, 2.24) is 14.5 Å². The van der Waals surface area contributed by atoms with Crippen molar-refractivity contribution in [3.8, 4) is 0 Å². The minimum Gasteiger partial charge on any atom is -0.477 e. The molecule has 0 aliphatic rings. The molecule has 0 aliphatic heterocycles. The van der Waals surface area contributed by atoms with E-state index in [2.05, 4.69) is 15.1 Å². The van der Waals surface area contributed by atoms with Gasteiger partial charge < -0.3 is 10.4 Å². The zero-order valence-corrected chi connectivity index (χ0v) is 11.2. The largest absolute Gasteiger partial charge is 0.477 e. The lowest BCUT2D eigenvalue weighted by molar-refractivity contribution is 0.0697. The molecule has 102 valence electrons. The van der Waals surface area contributed by atoms with Crippen LogP contribution >= 0.6 is 0 Å². The Hall–Kier alpha value is -1.61. The second-order valence-corrected chi connectivity index (χ2v) is 5.66. The molecule has 0 aromatic carbocycles. The summed E-state index contributed by atoms with van der Waals surface area (Å²) < 4.78 is 25.4. The van der Waals surface area contributed by atoms with E-state index in [9.17, 15) is 13.2 Å². The van der Waals surface area contributed by atoms with Crippen molar-refractivity contribution < 1.29 is 18.3 Å². The number of anilines is 1. The quantitative estimate of drug-likeness (QED) is 0.597. The van der Waals surface area contributed by atoms with Crippen LogP contribution < -0.4 is 10.0 Å². The van der Waals surface area contributed by atoms with Gasteiger partial charge in [0, 0.05) is 20.1 Å². The summed E-state index contributed by atoms with van der Waals surface area (Å²) in [5, 5.41) is 15.9. The van der Waals surface area contributed by atoms with Crippen molar-refractivity contribution in [3.05, 3.63) is 11.3 Å². The number of rotatable bonds is 6. The molecular formula is C9H16N4O4S. The third-order valence-electron chi connectivity index (χ3n) is 2.22. The summed E-state index contributed by atoms with van der Waals surface area (Å²) in [6.07, 6.45) is 1.06. The van der Waals surface area contributed by atoms with Crippen molar-refractivity contribution in [2.75, 3.05) is 24.7 Å². The van der Waals surface area contributed by atoms with Gasteiger partial charge >= 0.3 is 5.97 Å². The Bertz CT molecular complexity index is 549. The second kappa shape index (κ2) is 5.36. The van der Waals surface area contributed by atoms with Crippen molar-refractivity contribution in [2.45, 2.75) is 6.92 Å². The highest BCUT2D eigenvalue weighted by atomic mass is 32.2. The normalized spacial score (nSPS) is 11.5. The van der Waals surface area contributed by atoms with Crippen LogP contribution in [0.5, 0.6) is 0 Å². The Labute approximate surface area is 105 Å². The van der Waals surface area contributed by atoms with E-state index < -0.39 is 16.0 Å². The first kappa shape index (κ1) is 14.5. The summed E-state index contributed by atoms with van der Waals surface area (Å²) in [5.41, 5.74) is 0.500. The zero-order valence-electron chi connectivity index (χ0n) is 10.4. The molecule has 8 nitrogen and oxygen atoms in total. The average molecular weight is 276 g/mol. The van der Waals surface area contributed by atoms with E-state index >= 15 is 0 Å². The average Bonchev–Trinajstić information content (AvgIpc) is 2.46. The smallest absolute Gasteiger partial charge is 0.341 e. The van der Waals surface area contributed by atoms with Crippen molar-refractivity contribution >= 4 is 21.8 Å². The van der Waals surface area contributed by atoms with E-state index in [-0.39, 0.29) is 18.7 Å². The minimum atomic E-state index is -3.24. The number of nitrogens with one attached hydrogen (secondary N) is 2. The molecule has 0 bridgehead atoms. The molecule has 0 saturated carbocycles. The third-order valence-corrected chi connectivity index (χ3v) is 2.95. The van der Waals surface area contributed by atoms with Crippen LogP contribution in [0.3, 0.4) is 0 Å². The van der Waals surface area contributed by atoms with Gasteiger partial charge in [-0.05, 0) is 6.92 Å². The minimum absolute atomic E-state index is 0.0943. The van der Waals surface area contributed by atoms with Gasteiger partial charge in [-0.25, -0.2) is 17.9 Å². The molecule has 9 heteroatoms. The molecule has 1 aromatic heterocycles. The van der Waals surface area contributed by atoms with Gasteiger partial charge in [0.25, 0.3) is 0 Å². The Morgan fingerprint density at radius 3 is 2.56 bits per heavy atom. The van der Waals surface area contributed by atoms with Crippen LogP contribution in [0.1, 0.15) is 16.1 Å². The highest BCUT2D eigenvalue weighted by Crippen LogP contribution is 2.17. The van der Waals surface area contributed by atoms with Crippen molar-refractivity contribution in [1.29, 1.82) is 0 Å². The number of sulfonamides is 1. The van der Waals surface area contributed by atoms with Crippen LogP contribution in [-0.2, 0) is 17.1 Å². The summed E-state index contributed by atoms with van der Waals surface area (Å²) in [6.45, 7) is 2.04. The summed E-state index contributed by atoms with van der Waals surface area (Å²) in [5.74, 6) is -0.713. The molecule has 0 amide bonds. The number of aromatic carboxylic acids is 1. The molecule has 1 aromatic rings. The molecule has 1 heterocycles. The fourth-order valence-corrected chi connectivity index (χ4v) is 2.01.